The van der Waals surface area contributed by atoms with Crippen LogP contribution >= 0.6 is 0 Å². The van der Waals surface area contributed by atoms with Gasteiger partial charge in [0.2, 0.25) is 5.91 Å². The second kappa shape index (κ2) is 11.0. The summed E-state index contributed by atoms with van der Waals surface area (Å²) >= 11 is 0. The third kappa shape index (κ3) is 7.01. The molecule has 0 spiro atoms. The summed E-state index contributed by atoms with van der Waals surface area (Å²) in [6.45, 7) is 8.47. The van der Waals surface area contributed by atoms with Crippen molar-refractivity contribution in [3.8, 4) is 0 Å². The molecule has 0 aromatic heterocycles. The second-order valence-electron chi connectivity index (χ2n) is 11.1. The van der Waals surface area contributed by atoms with Gasteiger partial charge >= 0.3 is 12.1 Å². The number of carbonyl (C=O) groups excluding carboxylic acids is 2. The number of hydrogen-bond donors (Lipinski definition) is 1. The van der Waals surface area contributed by atoms with Crippen LogP contribution in [0.1, 0.15) is 52.5 Å². The molecular weight excluding hydrogens is 500 g/mol. The highest BCUT2D eigenvalue weighted by Gasteiger charge is 2.47. The van der Waals surface area contributed by atoms with Crippen LogP contribution in [0.3, 0.4) is 0 Å². The highest BCUT2D eigenvalue weighted by atomic mass is 32.2. The Morgan fingerprint density at radius 3 is 2.24 bits per heavy atom. The minimum Gasteiger partial charge on any atom is -0.480 e. The molecular formula is C26H38N2O8S. The van der Waals surface area contributed by atoms with Crippen LogP contribution in [-0.4, -0.2) is 79.2 Å². The maximum atomic E-state index is 13.6. The van der Waals surface area contributed by atoms with E-state index in [4.69, 9.17) is 8.92 Å². The van der Waals surface area contributed by atoms with Gasteiger partial charge in [-0.25, -0.2) is 9.59 Å². The molecule has 206 valence electrons. The lowest BCUT2D eigenvalue weighted by Gasteiger charge is -2.34. The lowest BCUT2D eigenvalue weighted by atomic mass is 9.92. The van der Waals surface area contributed by atoms with E-state index in [-0.39, 0.29) is 29.7 Å². The normalized spacial score (nSPS) is 21.8. The molecule has 1 saturated heterocycles. The van der Waals surface area contributed by atoms with E-state index in [9.17, 15) is 27.9 Å². The van der Waals surface area contributed by atoms with Crippen LogP contribution in [0.25, 0.3) is 0 Å². The molecule has 37 heavy (non-hydrogen) atoms. The fourth-order valence-electron chi connectivity index (χ4n) is 4.85. The quantitative estimate of drug-likeness (QED) is 0.474. The number of nitrogens with zero attached hydrogens (tertiary/aromatic N) is 2. The van der Waals surface area contributed by atoms with Gasteiger partial charge in [-0.3, -0.25) is 8.98 Å². The molecule has 3 rings (SSSR count). The average Bonchev–Trinajstić information content (AvgIpc) is 3.55. The van der Waals surface area contributed by atoms with E-state index in [0.29, 0.717) is 0 Å². The molecule has 1 aliphatic heterocycles. The van der Waals surface area contributed by atoms with Gasteiger partial charge in [-0.05, 0) is 70.9 Å². The van der Waals surface area contributed by atoms with Crippen LogP contribution in [0.2, 0.25) is 0 Å². The average molecular weight is 539 g/mol. The van der Waals surface area contributed by atoms with E-state index in [2.05, 4.69) is 0 Å². The number of aliphatic carboxylic acids is 1. The number of hydrogen-bond acceptors (Lipinski definition) is 7. The summed E-state index contributed by atoms with van der Waals surface area (Å²) in [5.74, 6) is -2.39. The summed E-state index contributed by atoms with van der Waals surface area (Å²) < 4.78 is 36.6. The summed E-state index contributed by atoms with van der Waals surface area (Å²) in [5, 5.41) is 9.89. The number of carboxylic acid groups (broad SMARTS) is 1. The Hall–Kier alpha value is -2.66. The second-order valence-corrected chi connectivity index (χ2v) is 12.7. The molecule has 1 saturated carbocycles. The van der Waals surface area contributed by atoms with Crippen LogP contribution in [0, 0.1) is 24.7 Å². The summed E-state index contributed by atoms with van der Waals surface area (Å²) in [5.41, 5.74) is 0.0802. The van der Waals surface area contributed by atoms with Gasteiger partial charge in [0.1, 0.15) is 11.6 Å². The maximum Gasteiger partial charge on any atom is 0.410 e. The van der Waals surface area contributed by atoms with Crippen molar-refractivity contribution in [3.63, 3.8) is 0 Å². The summed E-state index contributed by atoms with van der Waals surface area (Å²) in [6.07, 6.45) is 1.39. The maximum absolute atomic E-state index is 13.6. The van der Waals surface area contributed by atoms with E-state index >= 15 is 0 Å². The number of amides is 2. The molecule has 11 heteroatoms. The van der Waals surface area contributed by atoms with Crippen molar-refractivity contribution >= 4 is 28.1 Å². The molecule has 1 aromatic carbocycles. The first-order valence-electron chi connectivity index (χ1n) is 12.6. The van der Waals surface area contributed by atoms with Crippen molar-refractivity contribution in [2.24, 2.45) is 17.8 Å². The number of ether oxygens (including phenoxy) is 1. The number of benzene rings is 1. The predicted octanol–water partition coefficient (Wildman–Crippen LogP) is 3.28. The van der Waals surface area contributed by atoms with Crippen molar-refractivity contribution in [1.29, 1.82) is 0 Å². The Morgan fingerprint density at radius 1 is 1.14 bits per heavy atom. The molecule has 0 radical (unpaired) electrons. The summed E-state index contributed by atoms with van der Waals surface area (Å²) in [6, 6.07) is 4.18. The van der Waals surface area contributed by atoms with Crippen molar-refractivity contribution in [2.75, 3.05) is 20.2 Å². The predicted molar refractivity (Wildman–Crippen MR) is 135 cm³/mol. The summed E-state index contributed by atoms with van der Waals surface area (Å²) in [4.78, 5) is 41.2. The number of carbonyl (C=O) groups is 3. The standard InChI is InChI=1S/C26H38N2O8S/c1-16-7-11-19(12-8-16)37(33,34)35-15-21-20(13-14-28(21)25(32)36-26(3,4)5)23(29)27(6)22(24(30)31)17(2)18-9-10-18/h7-8,11-12,17-18,20-22H,9-10,13-15H2,1-6H3,(H,30,31)/t17-,20+,21-,22+/m1/s1. The highest BCUT2D eigenvalue weighted by Crippen LogP contribution is 2.40. The lowest BCUT2D eigenvalue weighted by molar-refractivity contribution is -0.153. The molecule has 2 amide bonds. The lowest BCUT2D eigenvalue weighted by Crippen LogP contribution is -2.52. The molecule has 1 heterocycles. The first-order chi connectivity index (χ1) is 17.1. The third-order valence-electron chi connectivity index (χ3n) is 7.08. The van der Waals surface area contributed by atoms with E-state index in [1.807, 2.05) is 13.8 Å². The van der Waals surface area contributed by atoms with Crippen molar-refractivity contribution in [2.45, 2.75) is 76.5 Å². The van der Waals surface area contributed by atoms with E-state index in [1.165, 1.54) is 29.0 Å². The smallest absolute Gasteiger partial charge is 0.410 e. The molecule has 1 aliphatic carbocycles. The minimum absolute atomic E-state index is 0.0379. The van der Waals surface area contributed by atoms with Gasteiger partial charge in [0.25, 0.3) is 10.1 Å². The number of carboxylic acids is 1. The fraction of sp³-hybridized carbons (Fsp3) is 0.654. The van der Waals surface area contributed by atoms with E-state index in [1.54, 1.807) is 32.9 Å². The van der Waals surface area contributed by atoms with Crippen LogP contribution in [0.4, 0.5) is 4.79 Å². The van der Waals surface area contributed by atoms with Gasteiger partial charge in [-0.15, -0.1) is 0 Å². The number of likely N-dealkylation sites (tertiary alicyclic amines) is 1. The zero-order valence-corrected chi connectivity index (χ0v) is 23.2. The first-order valence-corrected chi connectivity index (χ1v) is 14.0. The Kier molecular flexibility index (Phi) is 8.58. The molecule has 2 fully saturated rings. The van der Waals surface area contributed by atoms with Crippen LogP contribution in [0.5, 0.6) is 0 Å². The molecule has 0 bridgehead atoms. The molecule has 4 atom stereocenters. The molecule has 0 unspecified atom stereocenters. The van der Waals surface area contributed by atoms with Gasteiger partial charge in [0.05, 0.1) is 23.5 Å². The molecule has 1 aromatic rings. The minimum atomic E-state index is -4.16. The Labute approximate surface area is 219 Å². The van der Waals surface area contributed by atoms with Crippen LogP contribution in [0.15, 0.2) is 29.2 Å². The van der Waals surface area contributed by atoms with Gasteiger partial charge in [-0.2, -0.15) is 8.42 Å². The number of aryl methyl sites for hydroxylation is 1. The van der Waals surface area contributed by atoms with Gasteiger partial charge in [-0.1, -0.05) is 24.6 Å². The highest BCUT2D eigenvalue weighted by molar-refractivity contribution is 7.86. The fourth-order valence-corrected chi connectivity index (χ4v) is 5.77. The monoisotopic (exact) mass is 538 g/mol. The first kappa shape index (κ1) is 28.9. The van der Waals surface area contributed by atoms with Crippen LogP contribution < -0.4 is 0 Å². The Balaban J connectivity index is 1.85. The molecule has 1 N–H and O–H groups in total. The molecule has 10 nitrogen and oxygen atoms in total. The number of rotatable bonds is 9. The van der Waals surface area contributed by atoms with Gasteiger partial charge in [0.15, 0.2) is 0 Å². The summed E-state index contributed by atoms with van der Waals surface area (Å²) in [7, 11) is -2.71. The van der Waals surface area contributed by atoms with Gasteiger partial charge < -0.3 is 19.6 Å². The zero-order chi connectivity index (χ0) is 27.7. The zero-order valence-electron chi connectivity index (χ0n) is 22.3. The van der Waals surface area contributed by atoms with E-state index in [0.717, 1.165) is 18.4 Å². The SMILES string of the molecule is Cc1ccc(S(=O)(=O)OC[C@@H]2[C@@H](C(=O)N(C)[C@H](C(=O)O)[C@H](C)C3CC3)CCN2C(=O)OC(C)(C)C)cc1. The van der Waals surface area contributed by atoms with Crippen LogP contribution in [-0.2, 0) is 28.6 Å². The Bertz CT molecular complexity index is 1110. The topological polar surface area (TPSA) is 131 Å². The van der Waals surface area contributed by atoms with E-state index < -0.39 is 58.3 Å². The van der Waals surface area contributed by atoms with Crippen molar-refractivity contribution in [1.82, 2.24) is 9.80 Å². The third-order valence-corrected chi connectivity index (χ3v) is 8.37. The van der Waals surface area contributed by atoms with Gasteiger partial charge in [0, 0.05) is 13.6 Å². The number of likely N-dealkylation sites (N-methyl/N-ethyl adjacent to an activating group) is 1. The largest absolute Gasteiger partial charge is 0.480 e. The van der Waals surface area contributed by atoms with Crippen molar-refractivity contribution < 1.29 is 36.8 Å². The van der Waals surface area contributed by atoms with Crippen molar-refractivity contribution in [3.05, 3.63) is 29.8 Å². The molecule has 2 aliphatic rings. The Morgan fingerprint density at radius 2 is 1.73 bits per heavy atom.